The number of ether oxygens (including phenoxy) is 2. The molecule has 12 nitrogen and oxygen atoms in total. The summed E-state index contributed by atoms with van der Waals surface area (Å²) < 4.78 is 13.7. The smallest absolute Gasteiger partial charge is 0.415 e. The molecular weight excluding hydrogens is 522 g/mol. The van der Waals surface area contributed by atoms with Crippen LogP contribution in [0.1, 0.15) is 58.6 Å². The van der Waals surface area contributed by atoms with E-state index in [1.54, 1.807) is 4.90 Å². The number of hydrogen-bond acceptors (Lipinski definition) is 10. The quantitative estimate of drug-likeness (QED) is 0.473. The lowest BCUT2D eigenvalue weighted by molar-refractivity contribution is -0.0893. The van der Waals surface area contributed by atoms with Gasteiger partial charge in [0.15, 0.2) is 0 Å². The number of nitrogens with zero attached hydrogens (tertiary/aromatic N) is 7. The molecule has 3 aromatic rings. The third-order valence-electron chi connectivity index (χ3n) is 8.95. The molecule has 4 aliphatic heterocycles. The van der Waals surface area contributed by atoms with Crippen molar-refractivity contribution in [2.24, 2.45) is 0 Å². The van der Waals surface area contributed by atoms with Gasteiger partial charge < -0.3 is 25.0 Å². The predicted octanol–water partition coefficient (Wildman–Crippen LogP) is 4.06. The molecule has 0 bridgehead atoms. The van der Waals surface area contributed by atoms with Crippen LogP contribution in [0.25, 0.3) is 0 Å². The summed E-state index contributed by atoms with van der Waals surface area (Å²) in [6.07, 6.45) is 8.30. The molecule has 0 aliphatic carbocycles. The highest BCUT2D eigenvalue weighted by molar-refractivity contribution is 5.89. The van der Waals surface area contributed by atoms with Crippen molar-refractivity contribution in [3.8, 4) is 0 Å². The van der Waals surface area contributed by atoms with Crippen LogP contribution in [0.2, 0.25) is 0 Å². The van der Waals surface area contributed by atoms with Gasteiger partial charge in [0, 0.05) is 23.4 Å². The average Bonchev–Trinajstić information content (AvgIpc) is 3.63. The van der Waals surface area contributed by atoms with E-state index in [9.17, 15) is 4.79 Å². The molecule has 216 valence electrons. The molecule has 0 spiro atoms. The predicted molar refractivity (Wildman–Crippen MR) is 154 cm³/mol. The van der Waals surface area contributed by atoms with Gasteiger partial charge in [-0.15, -0.1) is 0 Å². The Balaban J connectivity index is 1.25. The summed E-state index contributed by atoms with van der Waals surface area (Å²) in [5.41, 5.74) is 1.23. The van der Waals surface area contributed by atoms with E-state index in [4.69, 9.17) is 24.4 Å². The van der Waals surface area contributed by atoms with Crippen molar-refractivity contribution in [3.63, 3.8) is 0 Å². The Morgan fingerprint density at radius 2 is 1.85 bits per heavy atom. The molecule has 3 atom stereocenters. The highest BCUT2D eigenvalue weighted by atomic mass is 16.6. The van der Waals surface area contributed by atoms with Gasteiger partial charge in [0.05, 0.1) is 42.2 Å². The summed E-state index contributed by atoms with van der Waals surface area (Å²) in [4.78, 5) is 31.1. The number of fused-ring (bicyclic) bond motifs is 3. The van der Waals surface area contributed by atoms with Crippen LogP contribution in [-0.2, 0) is 14.9 Å². The van der Waals surface area contributed by atoms with E-state index in [1.165, 1.54) is 0 Å². The van der Waals surface area contributed by atoms with Gasteiger partial charge in [0.25, 0.3) is 0 Å². The molecule has 2 N–H and O–H groups in total. The zero-order valence-corrected chi connectivity index (χ0v) is 24.0. The summed E-state index contributed by atoms with van der Waals surface area (Å²) in [5.74, 6) is 2.58. The maximum absolute atomic E-state index is 12.5. The third kappa shape index (κ3) is 4.49. The van der Waals surface area contributed by atoms with Gasteiger partial charge in [-0.05, 0) is 65.3 Å². The number of carbonyl (C=O) groups excluding carboxylic acids is 1. The fourth-order valence-electron chi connectivity index (χ4n) is 6.58. The maximum Gasteiger partial charge on any atom is 0.415 e. The van der Waals surface area contributed by atoms with E-state index >= 15 is 0 Å². The van der Waals surface area contributed by atoms with Crippen LogP contribution in [0.15, 0.2) is 36.8 Å². The van der Waals surface area contributed by atoms with Crippen molar-refractivity contribution < 1.29 is 14.3 Å². The molecule has 0 radical (unpaired) electrons. The molecule has 1 amide bonds. The lowest BCUT2D eigenvalue weighted by Gasteiger charge is -2.46. The average molecular weight is 560 g/mol. The minimum Gasteiger partial charge on any atom is -0.447 e. The number of carbonyl (C=O) groups is 1. The van der Waals surface area contributed by atoms with Gasteiger partial charge in [0.1, 0.15) is 24.1 Å². The molecule has 1 unspecified atom stereocenters. The first-order chi connectivity index (χ1) is 19.7. The van der Waals surface area contributed by atoms with Crippen molar-refractivity contribution in [3.05, 3.63) is 42.4 Å². The van der Waals surface area contributed by atoms with E-state index in [2.05, 4.69) is 41.4 Å². The number of amides is 1. The second-order valence-corrected chi connectivity index (χ2v) is 12.5. The summed E-state index contributed by atoms with van der Waals surface area (Å²) in [7, 11) is 0. The van der Waals surface area contributed by atoms with Crippen LogP contribution in [-0.4, -0.2) is 74.8 Å². The molecule has 0 saturated carbocycles. The number of aromatic nitrogens is 5. The number of cyclic esters (lactones) is 1. The highest BCUT2D eigenvalue weighted by Gasteiger charge is 2.55. The standard InChI is InChI=1S/C29H37N9O3/c1-18-16-40-27(39)37(18)23-6-5-7-24(34-23)38-22-12-28(2,3)41-17-29(22,4)21-14-31-26(35-25(21)38)33-19-13-32-36(15-19)20-8-10-30-11-9-20/h5-7,13-15,18,20,22,30H,8-12,16-17H2,1-4H3,(H,31,33,35)/t18-,22?,29-/m0/s1. The van der Waals surface area contributed by atoms with E-state index in [1.807, 2.05) is 48.4 Å². The van der Waals surface area contributed by atoms with Crippen LogP contribution in [0.5, 0.6) is 0 Å². The Labute approximate surface area is 239 Å². The summed E-state index contributed by atoms with van der Waals surface area (Å²) in [6, 6.07) is 6.11. The summed E-state index contributed by atoms with van der Waals surface area (Å²) in [5, 5.41) is 11.4. The number of piperidine rings is 1. The molecule has 3 saturated heterocycles. The molecule has 41 heavy (non-hydrogen) atoms. The molecule has 3 fully saturated rings. The Hall–Kier alpha value is -3.77. The number of nitrogens with one attached hydrogen (secondary N) is 2. The first-order valence-corrected chi connectivity index (χ1v) is 14.5. The summed E-state index contributed by atoms with van der Waals surface area (Å²) in [6.45, 7) is 11.3. The lowest BCUT2D eigenvalue weighted by Crippen LogP contribution is -2.54. The number of pyridine rings is 1. The van der Waals surface area contributed by atoms with Gasteiger partial charge in [0.2, 0.25) is 5.95 Å². The third-order valence-corrected chi connectivity index (χ3v) is 8.95. The number of anilines is 5. The first-order valence-electron chi connectivity index (χ1n) is 14.5. The fourth-order valence-corrected chi connectivity index (χ4v) is 6.58. The van der Waals surface area contributed by atoms with Crippen LogP contribution in [0.4, 0.5) is 33.9 Å². The van der Waals surface area contributed by atoms with Gasteiger partial charge in [-0.1, -0.05) is 13.0 Å². The Morgan fingerprint density at radius 3 is 2.61 bits per heavy atom. The molecule has 12 heteroatoms. The fraction of sp³-hybridized carbons (Fsp3) is 0.552. The van der Waals surface area contributed by atoms with Crippen LogP contribution in [0.3, 0.4) is 0 Å². The number of hydrogen-bond donors (Lipinski definition) is 2. The first kappa shape index (κ1) is 26.1. The van der Waals surface area contributed by atoms with Gasteiger partial charge in [-0.2, -0.15) is 10.1 Å². The molecular formula is C29H37N9O3. The van der Waals surface area contributed by atoms with Crippen LogP contribution >= 0.6 is 0 Å². The molecule has 0 aromatic carbocycles. The van der Waals surface area contributed by atoms with E-state index in [0.29, 0.717) is 31.0 Å². The Morgan fingerprint density at radius 1 is 1.07 bits per heavy atom. The van der Waals surface area contributed by atoms with E-state index < -0.39 is 0 Å². The molecule has 7 heterocycles. The molecule has 7 rings (SSSR count). The Bertz CT molecular complexity index is 1470. The van der Waals surface area contributed by atoms with Crippen molar-refractivity contribution >= 4 is 35.2 Å². The van der Waals surface area contributed by atoms with Crippen molar-refractivity contribution in [2.45, 2.75) is 76.1 Å². The second-order valence-electron chi connectivity index (χ2n) is 12.5. The van der Waals surface area contributed by atoms with Crippen LogP contribution in [0, 0.1) is 0 Å². The zero-order valence-electron chi connectivity index (χ0n) is 24.0. The lowest BCUT2D eigenvalue weighted by atomic mass is 9.73. The maximum atomic E-state index is 12.5. The normalized spacial score (nSPS) is 27.5. The zero-order chi connectivity index (χ0) is 28.4. The molecule has 3 aromatic heterocycles. The highest BCUT2D eigenvalue weighted by Crippen LogP contribution is 2.53. The number of rotatable bonds is 5. The van der Waals surface area contributed by atoms with E-state index in [-0.39, 0.29) is 29.2 Å². The monoisotopic (exact) mass is 559 g/mol. The van der Waals surface area contributed by atoms with Crippen molar-refractivity contribution in [1.29, 1.82) is 0 Å². The summed E-state index contributed by atoms with van der Waals surface area (Å²) >= 11 is 0. The topological polar surface area (TPSA) is 123 Å². The second kappa shape index (κ2) is 9.66. The SMILES string of the molecule is C[C@H]1COC(=O)N1c1cccc(N2c3nc(Nc4cnn(C5CCNCC5)c4)ncc3[C@]3(C)COC(C)(C)CC23)n1. The largest absolute Gasteiger partial charge is 0.447 e. The van der Waals surface area contributed by atoms with Crippen LogP contribution < -0.4 is 20.4 Å². The van der Waals surface area contributed by atoms with Crippen molar-refractivity contribution in [2.75, 3.05) is 41.4 Å². The minimum absolute atomic E-state index is 0.0409. The van der Waals surface area contributed by atoms with Gasteiger partial charge >= 0.3 is 6.09 Å². The minimum atomic E-state index is -0.375. The van der Waals surface area contributed by atoms with Gasteiger partial charge in [-0.3, -0.25) is 9.58 Å². The van der Waals surface area contributed by atoms with E-state index in [0.717, 1.165) is 55.2 Å². The Kier molecular flexibility index (Phi) is 6.16. The van der Waals surface area contributed by atoms with Gasteiger partial charge in [-0.25, -0.2) is 14.8 Å². The van der Waals surface area contributed by atoms with Crippen molar-refractivity contribution in [1.82, 2.24) is 30.0 Å². The molecule has 4 aliphatic rings.